The molecule has 0 radical (unpaired) electrons. The van der Waals surface area contributed by atoms with Crippen molar-refractivity contribution in [2.75, 3.05) is 0 Å². The van der Waals surface area contributed by atoms with Gasteiger partial charge in [0.15, 0.2) is 0 Å². The summed E-state index contributed by atoms with van der Waals surface area (Å²) < 4.78 is 0. The first-order valence-electron chi connectivity index (χ1n) is 13.9. The van der Waals surface area contributed by atoms with Gasteiger partial charge in [-0.15, -0.1) is 0 Å². The van der Waals surface area contributed by atoms with Crippen LogP contribution in [0.5, 0.6) is 0 Å². The van der Waals surface area contributed by atoms with Crippen LogP contribution in [0.4, 0.5) is 0 Å². The lowest BCUT2D eigenvalue weighted by atomic mass is 9.34. The van der Waals surface area contributed by atoms with Crippen molar-refractivity contribution in [3.05, 3.63) is 11.6 Å². The van der Waals surface area contributed by atoms with Crippen molar-refractivity contribution in [3.8, 4) is 0 Å². The Hall–Kier alpha value is -0.420. The van der Waals surface area contributed by atoms with E-state index >= 15 is 0 Å². The first-order chi connectivity index (χ1) is 15.5. The second-order valence-corrected chi connectivity index (χ2v) is 14.7. The van der Waals surface area contributed by atoms with Crippen molar-refractivity contribution in [2.45, 2.75) is 131 Å². The van der Waals surface area contributed by atoms with E-state index in [1.165, 1.54) is 5.57 Å². The summed E-state index contributed by atoms with van der Waals surface area (Å²) in [6.45, 7) is 17.5. The summed E-state index contributed by atoms with van der Waals surface area (Å²) in [6.07, 6.45) is 7.54. The highest BCUT2D eigenvalue weighted by molar-refractivity contribution is 5.21. The monoisotopic (exact) mass is 476 g/mol. The topological polar surface area (TPSA) is 80.9 Å². The van der Waals surface area contributed by atoms with Crippen molar-refractivity contribution >= 4 is 0 Å². The molecule has 0 amide bonds. The van der Waals surface area contributed by atoms with Gasteiger partial charge in [-0.3, -0.25) is 0 Å². The molecule has 4 aliphatic rings. The number of hydrogen-bond donors (Lipinski definition) is 4. The van der Waals surface area contributed by atoms with E-state index in [0.29, 0.717) is 5.92 Å². The SMILES string of the molecule is CC(C)=CCC[C@](C)(O)[C@H]1CC[C@]2(C)[C@@H]1[C@H](O)C[C@@H]1[C@@]3(C)CC[C@H](O)C(C)(C)[C@H]3[C@@H](O)C[C@]12C. The molecule has 4 rings (SSSR count). The summed E-state index contributed by atoms with van der Waals surface area (Å²) in [5.41, 5.74) is -0.230. The molecule has 4 nitrogen and oxygen atoms in total. The lowest BCUT2D eigenvalue weighted by molar-refractivity contribution is -0.274. The molecule has 0 aromatic heterocycles. The average molecular weight is 477 g/mol. The Kier molecular flexibility index (Phi) is 6.50. The number of aliphatic hydroxyl groups is 4. The molecule has 4 N–H and O–H groups in total. The van der Waals surface area contributed by atoms with E-state index in [1.54, 1.807) is 0 Å². The van der Waals surface area contributed by atoms with Crippen LogP contribution in [-0.2, 0) is 0 Å². The van der Waals surface area contributed by atoms with Crippen LogP contribution in [0.3, 0.4) is 0 Å². The quantitative estimate of drug-likeness (QED) is 0.406. The highest BCUT2D eigenvalue weighted by Gasteiger charge is 2.72. The first kappa shape index (κ1) is 26.6. The van der Waals surface area contributed by atoms with Crippen molar-refractivity contribution in [1.82, 2.24) is 0 Å². The van der Waals surface area contributed by atoms with Gasteiger partial charge in [-0.25, -0.2) is 0 Å². The first-order valence-corrected chi connectivity index (χ1v) is 13.9. The Morgan fingerprint density at radius 1 is 0.941 bits per heavy atom. The third-order valence-electron chi connectivity index (χ3n) is 12.3. The number of fused-ring (bicyclic) bond motifs is 5. The molecule has 0 aliphatic heterocycles. The minimum atomic E-state index is -0.810. The molecule has 0 bridgehead atoms. The number of allylic oxidation sites excluding steroid dienone is 2. The predicted octanol–water partition coefficient (Wildman–Crippen LogP) is 5.47. The van der Waals surface area contributed by atoms with Crippen LogP contribution in [0.25, 0.3) is 0 Å². The van der Waals surface area contributed by atoms with Crippen LogP contribution in [0.2, 0.25) is 0 Å². The van der Waals surface area contributed by atoms with Crippen LogP contribution in [-0.4, -0.2) is 44.3 Å². The fraction of sp³-hybridized carbons (Fsp3) is 0.933. The molecule has 0 saturated heterocycles. The summed E-state index contributed by atoms with van der Waals surface area (Å²) in [5, 5.41) is 46.0. The molecule has 4 aliphatic carbocycles. The molecular weight excluding hydrogens is 424 g/mol. The van der Waals surface area contributed by atoms with Gasteiger partial charge in [-0.05, 0) is 117 Å². The third kappa shape index (κ3) is 3.60. The predicted molar refractivity (Wildman–Crippen MR) is 137 cm³/mol. The Labute approximate surface area is 208 Å². The van der Waals surface area contributed by atoms with Gasteiger partial charge in [0.2, 0.25) is 0 Å². The van der Waals surface area contributed by atoms with Crippen molar-refractivity contribution < 1.29 is 20.4 Å². The molecule has 0 aromatic rings. The van der Waals surface area contributed by atoms with Crippen LogP contribution in [0.15, 0.2) is 11.6 Å². The van der Waals surface area contributed by atoms with Gasteiger partial charge < -0.3 is 20.4 Å². The normalized spacial score (nSPS) is 51.6. The number of rotatable bonds is 4. The van der Waals surface area contributed by atoms with E-state index < -0.39 is 23.9 Å². The van der Waals surface area contributed by atoms with Gasteiger partial charge in [0.05, 0.1) is 23.9 Å². The molecule has 4 saturated carbocycles. The zero-order valence-electron chi connectivity index (χ0n) is 23.1. The van der Waals surface area contributed by atoms with Gasteiger partial charge in [-0.1, -0.05) is 46.3 Å². The van der Waals surface area contributed by atoms with Gasteiger partial charge in [0.25, 0.3) is 0 Å². The Morgan fingerprint density at radius 2 is 1.59 bits per heavy atom. The van der Waals surface area contributed by atoms with Crippen molar-refractivity contribution in [1.29, 1.82) is 0 Å². The summed E-state index contributed by atoms with van der Waals surface area (Å²) >= 11 is 0. The molecule has 0 heterocycles. The van der Waals surface area contributed by atoms with Gasteiger partial charge in [-0.2, -0.15) is 0 Å². The smallest absolute Gasteiger partial charge is 0.0654 e. The van der Waals surface area contributed by atoms with Gasteiger partial charge in [0, 0.05) is 0 Å². The standard InChI is InChI=1S/C30H52O4/c1-18(2)10-9-13-30(8,34)19-11-15-28(6)24(19)20(31)16-22-27(5)14-12-23(33)26(3,4)25(27)21(32)17-29(22,28)7/h10,19-25,31-34H,9,11-17H2,1-8H3/t19-,20+,21-,22+,23-,24-,25+,27+,28+,29+,30-/m0/s1. The minimum absolute atomic E-state index is 0.0264. The van der Waals surface area contributed by atoms with Crippen LogP contribution >= 0.6 is 0 Å². The van der Waals surface area contributed by atoms with Crippen LogP contribution in [0, 0.1) is 45.3 Å². The van der Waals surface area contributed by atoms with E-state index in [4.69, 9.17) is 0 Å². The summed E-state index contributed by atoms with van der Waals surface area (Å²) in [4.78, 5) is 0. The minimum Gasteiger partial charge on any atom is -0.393 e. The zero-order chi connectivity index (χ0) is 25.5. The highest BCUT2D eigenvalue weighted by Crippen LogP contribution is 2.75. The zero-order valence-corrected chi connectivity index (χ0v) is 23.1. The molecule has 0 spiro atoms. The Morgan fingerprint density at radius 3 is 2.21 bits per heavy atom. The molecular formula is C30H52O4. The summed E-state index contributed by atoms with van der Waals surface area (Å²) in [6, 6.07) is 0. The molecule has 196 valence electrons. The van der Waals surface area contributed by atoms with E-state index in [1.807, 2.05) is 6.92 Å². The maximum Gasteiger partial charge on any atom is 0.0654 e. The lowest BCUT2D eigenvalue weighted by Crippen LogP contribution is -2.69. The van der Waals surface area contributed by atoms with E-state index in [2.05, 4.69) is 54.5 Å². The second-order valence-electron chi connectivity index (χ2n) is 14.7. The summed E-state index contributed by atoms with van der Waals surface area (Å²) in [5.74, 6) is 0.442. The molecule has 34 heavy (non-hydrogen) atoms. The van der Waals surface area contributed by atoms with Crippen LogP contribution < -0.4 is 0 Å². The average Bonchev–Trinajstić information content (AvgIpc) is 3.07. The number of hydrogen-bond acceptors (Lipinski definition) is 4. The van der Waals surface area contributed by atoms with Crippen LogP contribution in [0.1, 0.15) is 107 Å². The molecule has 4 fully saturated rings. The van der Waals surface area contributed by atoms with Gasteiger partial charge in [0.1, 0.15) is 0 Å². The highest BCUT2D eigenvalue weighted by atomic mass is 16.3. The molecule has 0 aromatic carbocycles. The van der Waals surface area contributed by atoms with Crippen molar-refractivity contribution in [3.63, 3.8) is 0 Å². The van der Waals surface area contributed by atoms with E-state index in [-0.39, 0.29) is 39.4 Å². The fourth-order valence-corrected chi connectivity index (χ4v) is 10.5. The number of aliphatic hydroxyl groups excluding tert-OH is 3. The Bertz CT molecular complexity index is 813. The van der Waals surface area contributed by atoms with E-state index in [0.717, 1.165) is 51.4 Å². The maximum atomic E-state index is 11.8. The largest absolute Gasteiger partial charge is 0.393 e. The van der Waals surface area contributed by atoms with Gasteiger partial charge >= 0.3 is 0 Å². The Balaban J connectivity index is 1.70. The molecule has 4 heteroatoms. The third-order valence-corrected chi connectivity index (χ3v) is 12.3. The second kappa shape index (κ2) is 8.30. The maximum absolute atomic E-state index is 11.8. The molecule has 11 atom stereocenters. The van der Waals surface area contributed by atoms with Crippen molar-refractivity contribution in [2.24, 2.45) is 45.3 Å². The lowest BCUT2D eigenvalue weighted by Gasteiger charge is -2.71. The van der Waals surface area contributed by atoms with E-state index in [9.17, 15) is 20.4 Å². The molecule has 0 unspecified atom stereocenters. The summed E-state index contributed by atoms with van der Waals surface area (Å²) in [7, 11) is 0. The fourth-order valence-electron chi connectivity index (χ4n) is 10.5.